The van der Waals surface area contributed by atoms with Crippen molar-refractivity contribution in [1.82, 2.24) is 4.98 Å². The number of hydrogen-bond acceptors (Lipinski definition) is 2. The predicted octanol–water partition coefficient (Wildman–Crippen LogP) is 1.72. The van der Waals surface area contributed by atoms with E-state index in [9.17, 15) is 4.39 Å². The number of nitrogens with zero attached hydrogens (tertiary/aromatic N) is 1. The van der Waals surface area contributed by atoms with E-state index in [1.54, 1.807) is 6.92 Å². The minimum atomic E-state index is -0.498. The predicted molar refractivity (Wildman–Crippen MR) is 44.7 cm³/mol. The van der Waals surface area contributed by atoms with E-state index in [-0.39, 0.29) is 11.8 Å². The van der Waals surface area contributed by atoms with Gasteiger partial charge in [-0.1, -0.05) is 11.6 Å². The van der Waals surface area contributed by atoms with E-state index in [1.165, 1.54) is 6.20 Å². The van der Waals surface area contributed by atoms with Crippen molar-refractivity contribution in [2.45, 2.75) is 13.3 Å². The first kappa shape index (κ1) is 9.42. The lowest BCUT2D eigenvalue weighted by molar-refractivity contribution is 0.299. The summed E-state index contributed by atoms with van der Waals surface area (Å²) in [5.41, 5.74) is 1.16. The van der Waals surface area contributed by atoms with Crippen LogP contribution in [0.15, 0.2) is 6.20 Å². The summed E-state index contributed by atoms with van der Waals surface area (Å²) in [5, 5.41) is 8.50. The summed E-state index contributed by atoms with van der Waals surface area (Å²) in [4.78, 5) is 3.64. The highest BCUT2D eigenvalue weighted by Gasteiger charge is 2.08. The molecule has 0 radical (unpaired) electrons. The standard InChI is InChI=1S/C8H9ClFNO/c1-5-6(2-3-12)4-11-8(9)7(5)10/h4,12H,2-3H2,1H3. The van der Waals surface area contributed by atoms with Crippen LogP contribution in [0.4, 0.5) is 4.39 Å². The second-order valence-electron chi connectivity index (χ2n) is 2.49. The Hall–Kier alpha value is -0.670. The fraction of sp³-hybridized carbons (Fsp3) is 0.375. The molecule has 1 aromatic rings. The minimum Gasteiger partial charge on any atom is -0.396 e. The first-order chi connectivity index (χ1) is 5.66. The van der Waals surface area contributed by atoms with Gasteiger partial charge in [0.05, 0.1) is 0 Å². The molecule has 1 aromatic heterocycles. The summed E-state index contributed by atoms with van der Waals surface area (Å²) in [5.74, 6) is -0.498. The van der Waals surface area contributed by atoms with Crippen molar-refractivity contribution in [1.29, 1.82) is 0 Å². The van der Waals surface area contributed by atoms with Crippen molar-refractivity contribution in [2.24, 2.45) is 0 Å². The van der Waals surface area contributed by atoms with Crippen molar-refractivity contribution >= 4 is 11.6 Å². The third-order valence-corrected chi connectivity index (χ3v) is 1.97. The molecule has 1 heterocycles. The Morgan fingerprint density at radius 3 is 2.92 bits per heavy atom. The van der Waals surface area contributed by atoms with Crippen LogP contribution in [0.25, 0.3) is 0 Å². The maximum atomic E-state index is 13.0. The molecule has 0 bridgehead atoms. The summed E-state index contributed by atoms with van der Waals surface area (Å²) in [6, 6.07) is 0. The molecule has 12 heavy (non-hydrogen) atoms. The first-order valence-corrected chi connectivity index (χ1v) is 3.95. The van der Waals surface area contributed by atoms with Crippen molar-refractivity contribution in [3.8, 4) is 0 Å². The minimum absolute atomic E-state index is 0.0103. The van der Waals surface area contributed by atoms with Crippen molar-refractivity contribution in [3.05, 3.63) is 28.3 Å². The van der Waals surface area contributed by atoms with E-state index in [1.807, 2.05) is 0 Å². The maximum absolute atomic E-state index is 13.0. The molecular formula is C8H9ClFNO. The molecule has 1 rings (SSSR count). The van der Waals surface area contributed by atoms with Gasteiger partial charge in [-0.15, -0.1) is 0 Å². The second-order valence-corrected chi connectivity index (χ2v) is 2.84. The van der Waals surface area contributed by atoms with Gasteiger partial charge < -0.3 is 5.11 Å². The Balaban J connectivity index is 3.08. The van der Waals surface area contributed by atoms with Crippen LogP contribution in [0.5, 0.6) is 0 Å². The molecule has 4 heteroatoms. The van der Waals surface area contributed by atoms with E-state index < -0.39 is 5.82 Å². The molecule has 0 saturated carbocycles. The molecule has 0 atom stereocenters. The van der Waals surface area contributed by atoms with Crippen LogP contribution in [0.1, 0.15) is 11.1 Å². The van der Waals surface area contributed by atoms with Crippen LogP contribution in [0, 0.1) is 12.7 Å². The fourth-order valence-corrected chi connectivity index (χ4v) is 1.15. The zero-order valence-electron chi connectivity index (χ0n) is 6.64. The van der Waals surface area contributed by atoms with Crippen LogP contribution in [0.2, 0.25) is 5.15 Å². The molecule has 0 spiro atoms. The lowest BCUT2D eigenvalue weighted by Gasteiger charge is -2.04. The summed E-state index contributed by atoms with van der Waals surface area (Å²) >= 11 is 5.44. The number of hydrogen-bond donors (Lipinski definition) is 1. The Kier molecular flexibility index (Phi) is 3.00. The number of rotatable bonds is 2. The summed E-state index contributed by atoms with van der Waals surface area (Å²) in [7, 11) is 0. The highest BCUT2D eigenvalue weighted by Crippen LogP contribution is 2.18. The Labute approximate surface area is 75.0 Å². The van der Waals surface area contributed by atoms with Crippen LogP contribution >= 0.6 is 11.6 Å². The van der Waals surface area contributed by atoms with E-state index in [0.29, 0.717) is 17.5 Å². The molecule has 0 unspecified atom stereocenters. The SMILES string of the molecule is Cc1c(CCO)cnc(Cl)c1F. The number of aliphatic hydroxyl groups excluding tert-OH is 1. The molecule has 0 amide bonds. The van der Waals surface area contributed by atoms with Gasteiger partial charge in [0.15, 0.2) is 11.0 Å². The van der Waals surface area contributed by atoms with Gasteiger partial charge in [-0.3, -0.25) is 0 Å². The van der Waals surface area contributed by atoms with Gasteiger partial charge in [-0.2, -0.15) is 0 Å². The van der Waals surface area contributed by atoms with Crippen LogP contribution in [-0.4, -0.2) is 16.7 Å². The zero-order chi connectivity index (χ0) is 9.14. The first-order valence-electron chi connectivity index (χ1n) is 3.57. The molecular weight excluding hydrogens is 181 g/mol. The lowest BCUT2D eigenvalue weighted by Crippen LogP contribution is -1.99. The largest absolute Gasteiger partial charge is 0.396 e. The summed E-state index contributed by atoms with van der Waals surface area (Å²) in [6.07, 6.45) is 1.89. The molecule has 0 aliphatic heterocycles. The number of aliphatic hydroxyl groups is 1. The lowest BCUT2D eigenvalue weighted by atomic mass is 10.1. The van der Waals surface area contributed by atoms with Gasteiger partial charge in [-0.25, -0.2) is 9.37 Å². The van der Waals surface area contributed by atoms with Crippen LogP contribution < -0.4 is 0 Å². The van der Waals surface area contributed by atoms with Crippen LogP contribution in [0.3, 0.4) is 0 Å². The number of aromatic nitrogens is 1. The Bertz CT molecular complexity index is 291. The summed E-state index contributed by atoms with van der Waals surface area (Å²) in [6.45, 7) is 1.61. The van der Waals surface area contributed by atoms with Gasteiger partial charge >= 0.3 is 0 Å². The molecule has 1 N–H and O–H groups in total. The normalized spacial score (nSPS) is 10.3. The van der Waals surface area contributed by atoms with Crippen molar-refractivity contribution in [3.63, 3.8) is 0 Å². The van der Waals surface area contributed by atoms with Crippen molar-refractivity contribution < 1.29 is 9.50 Å². The molecule has 0 aromatic carbocycles. The molecule has 66 valence electrons. The van der Waals surface area contributed by atoms with E-state index in [0.717, 1.165) is 0 Å². The summed E-state index contributed by atoms with van der Waals surface area (Å²) < 4.78 is 13.0. The average molecular weight is 190 g/mol. The average Bonchev–Trinajstić information content (AvgIpc) is 2.07. The fourth-order valence-electron chi connectivity index (χ4n) is 0.956. The van der Waals surface area contributed by atoms with E-state index in [4.69, 9.17) is 16.7 Å². The molecule has 2 nitrogen and oxygen atoms in total. The van der Waals surface area contributed by atoms with Crippen molar-refractivity contribution in [2.75, 3.05) is 6.61 Å². The smallest absolute Gasteiger partial charge is 0.164 e. The van der Waals surface area contributed by atoms with Gasteiger partial charge in [0, 0.05) is 12.8 Å². The number of pyridine rings is 1. The van der Waals surface area contributed by atoms with Gasteiger partial charge in [0.1, 0.15) is 0 Å². The molecule has 0 saturated heterocycles. The van der Waals surface area contributed by atoms with Crippen LogP contribution in [-0.2, 0) is 6.42 Å². The Morgan fingerprint density at radius 1 is 1.67 bits per heavy atom. The molecule has 0 fully saturated rings. The monoisotopic (exact) mass is 189 g/mol. The zero-order valence-corrected chi connectivity index (χ0v) is 7.40. The topological polar surface area (TPSA) is 33.1 Å². The van der Waals surface area contributed by atoms with Gasteiger partial charge in [0.25, 0.3) is 0 Å². The highest BCUT2D eigenvalue weighted by molar-refractivity contribution is 6.29. The highest BCUT2D eigenvalue weighted by atomic mass is 35.5. The maximum Gasteiger partial charge on any atom is 0.164 e. The molecule has 0 aliphatic carbocycles. The molecule has 0 aliphatic rings. The third kappa shape index (κ3) is 1.73. The third-order valence-electron chi connectivity index (χ3n) is 1.71. The Morgan fingerprint density at radius 2 is 2.33 bits per heavy atom. The van der Waals surface area contributed by atoms with E-state index in [2.05, 4.69) is 4.98 Å². The van der Waals surface area contributed by atoms with Gasteiger partial charge in [0.2, 0.25) is 0 Å². The van der Waals surface area contributed by atoms with E-state index >= 15 is 0 Å². The quantitative estimate of drug-likeness (QED) is 0.719. The number of halogens is 2. The second kappa shape index (κ2) is 3.83. The van der Waals surface area contributed by atoms with Gasteiger partial charge in [-0.05, 0) is 24.5 Å².